The van der Waals surface area contributed by atoms with E-state index in [4.69, 9.17) is 0 Å². The van der Waals surface area contributed by atoms with Crippen LogP contribution in [0.3, 0.4) is 0 Å². The second kappa shape index (κ2) is 5.42. The fourth-order valence-electron chi connectivity index (χ4n) is 0.106. The Labute approximate surface area is 59.4 Å². The fraction of sp³-hybridized carbons (Fsp3) is 0. The van der Waals surface area contributed by atoms with Crippen LogP contribution in [0.5, 0.6) is 0 Å². The number of hydrogen-bond donors (Lipinski definition) is 0. The Bertz CT molecular complexity index is 97.0. The van der Waals surface area contributed by atoms with Gasteiger partial charge in [0.15, 0.2) is 0 Å². The van der Waals surface area contributed by atoms with E-state index in [9.17, 15) is 12.1 Å². The molecule has 0 aliphatic carbocycles. The summed E-state index contributed by atoms with van der Waals surface area (Å²) in [6, 6.07) is 0. The molecule has 0 rings (SSSR count). The van der Waals surface area contributed by atoms with E-state index in [2.05, 4.69) is 6.96 Å². The van der Waals surface area contributed by atoms with Gasteiger partial charge in [0.25, 0.3) is 0 Å². The third kappa shape index (κ3) is 4.44. The van der Waals surface area contributed by atoms with E-state index in [1.807, 2.05) is 0 Å². The van der Waals surface area contributed by atoms with Crippen LogP contribution >= 0.6 is 0 Å². The summed E-state index contributed by atoms with van der Waals surface area (Å²) in [6.45, 7) is 0. The molecule has 0 saturated carbocycles. The molecule has 8 heteroatoms. The monoisotopic (exact) mass is 162 g/mol. The van der Waals surface area contributed by atoms with E-state index in [0.717, 1.165) is 0 Å². The summed E-state index contributed by atoms with van der Waals surface area (Å²) in [5.74, 6) is 0. The molecule has 8 heavy (non-hydrogen) atoms. The maximum absolute atomic E-state index is 10.0. The second-order valence-electron chi connectivity index (χ2n) is 0.678. The Morgan fingerprint density at radius 2 is 1.50 bits per heavy atom. The van der Waals surface area contributed by atoms with Crippen LogP contribution in [0.25, 0.3) is 0 Å². The zero-order chi connectivity index (χ0) is 6.41. The molecule has 0 atom stereocenters. The number of rotatable bonds is 4. The van der Waals surface area contributed by atoms with Gasteiger partial charge in [-0.3, -0.25) is 0 Å². The molecule has 5 nitrogen and oxygen atoms in total. The van der Waals surface area contributed by atoms with Crippen molar-refractivity contribution in [1.82, 2.24) is 0 Å². The van der Waals surface area contributed by atoms with E-state index >= 15 is 0 Å². The third-order valence-electron chi connectivity index (χ3n) is 0.289. The standard InChI is InChI=1S/2Al.O3Si.2O/c;;1-4(2)3;;/q2*+1;-2;;. The topological polar surface area (TPSA) is 69.7 Å². The molecule has 0 aromatic heterocycles. The van der Waals surface area contributed by atoms with Crippen molar-refractivity contribution < 1.29 is 19.0 Å². The zero-order valence-electron chi connectivity index (χ0n) is 3.70. The summed E-state index contributed by atoms with van der Waals surface area (Å²) in [5.41, 5.74) is 0. The van der Waals surface area contributed by atoms with E-state index in [1.54, 1.807) is 0 Å². The predicted octanol–water partition coefficient (Wildman–Crippen LogP) is -1.64. The van der Waals surface area contributed by atoms with Gasteiger partial charge in [-0.1, -0.05) is 0 Å². The first kappa shape index (κ1) is 8.28. The van der Waals surface area contributed by atoms with Crippen LogP contribution in [0.1, 0.15) is 0 Å². The first-order valence-electron chi connectivity index (χ1n) is 1.56. The van der Waals surface area contributed by atoms with Crippen LogP contribution < -0.4 is 0 Å². The molecule has 0 heterocycles. The predicted molar refractivity (Wildman–Crippen MR) is 21.5 cm³/mol. The molecular weight excluding hydrogens is 162 g/mol. The van der Waals surface area contributed by atoms with E-state index in [1.165, 1.54) is 0 Å². The molecule has 0 unspecified atom stereocenters. The van der Waals surface area contributed by atoms with E-state index in [0.29, 0.717) is 0 Å². The van der Waals surface area contributed by atoms with Gasteiger partial charge in [-0.2, -0.15) is 0 Å². The average molecular weight is 162 g/mol. The molecule has 0 N–H and O–H groups in total. The van der Waals surface area contributed by atoms with Crippen LogP contribution in [0.4, 0.5) is 0 Å². The van der Waals surface area contributed by atoms with Crippen LogP contribution in [0.2, 0.25) is 0 Å². The summed E-state index contributed by atoms with van der Waals surface area (Å²) >= 11 is -3.04. The number of hydrogen-bond acceptors (Lipinski definition) is 5. The molecule has 40 valence electrons. The van der Waals surface area contributed by atoms with Gasteiger partial charge in [-0.05, 0) is 0 Å². The summed E-state index contributed by atoms with van der Waals surface area (Å²) < 4.78 is 37.0. The molecule has 0 saturated heterocycles. The van der Waals surface area contributed by atoms with Gasteiger partial charge in [-0.25, -0.2) is 0 Å². The molecule has 0 aromatic rings. The van der Waals surface area contributed by atoms with Crippen molar-refractivity contribution >= 4 is 40.1 Å². The van der Waals surface area contributed by atoms with Crippen molar-refractivity contribution in [3.8, 4) is 0 Å². The van der Waals surface area contributed by atoms with Gasteiger partial charge >= 0.3 is 59.2 Å². The fourth-order valence-corrected chi connectivity index (χ4v) is 1.46. The zero-order valence-corrected chi connectivity index (χ0v) is 7.01. The molecule has 0 bridgehead atoms. The van der Waals surface area contributed by atoms with Gasteiger partial charge in [0.2, 0.25) is 0 Å². The van der Waals surface area contributed by atoms with Crippen molar-refractivity contribution in [3.63, 3.8) is 0 Å². The van der Waals surface area contributed by atoms with Crippen molar-refractivity contribution in [1.29, 1.82) is 0 Å². The van der Waals surface area contributed by atoms with Gasteiger partial charge in [-0.15, -0.1) is 0 Å². The van der Waals surface area contributed by atoms with Gasteiger partial charge < -0.3 is 0 Å². The first-order valence-corrected chi connectivity index (χ1v) is 4.67. The molecule has 0 aliphatic rings. The Balaban J connectivity index is 3.32. The third-order valence-corrected chi connectivity index (χ3v) is 2.60. The van der Waals surface area contributed by atoms with E-state index in [-0.39, 0.29) is 0 Å². The van der Waals surface area contributed by atoms with Crippen LogP contribution in [0, 0.1) is 0 Å². The molecule has 0 amide bonds. The molecule has 0 spiro atoms. The van der Waals surface area contributed by atoms with Gasteiger partial charge in [0, 0.05) is 0 Å². The quantitative estimate of drug-likeness (QED) is 0.464. The second-order valence-corrected chi connectivity index (χ2v) is 3.45. The van der Waals surface area contributed by atoms with Crippen LogP contribution in [-0.4, -0.2) is 40.1 Å². The molecule has 0 aliphatic heterocycles. The average Bonchev–Trinajstić information content (AvgIpc) is 1.68. The Morgan fingerprint density at radius 1 is 1.12 bits per heavy atom. The van der Waals surface area contributed by atoms with Crippen molar-refractivity contribution in [2.24, 2.45) is 0 Å². The van der Waals surface area contributed by atoms with Crippen molar-refractivity contribution in [2.75, 3.05) is 0 Å². The molecular formula is Al2O5Si. The molecule has 0 aromatic carbocycles. The normalized spacial score (nSPS) is 6.00. The molecule has 0 radical (unpaired) electrons. The Hall–Kier alpha value is 0.282. The summed E-state index contributed by atoms with van der Waals surface area (Å²) in [7, 11) is -2.69. The summed E-state index contributed by atoms with van der Waals surface area (Å²) in [5, 5.41) is 0. The minimum atomic E-state index is -2.69. The summed E-state index contributed by atoms with van der Waals surface area (Å²) in [4.78, 5) is 0. The minimum absolute atomic E-state index is 1.52. The van der Waals surface area contributed by atoms with Crippen LogP contribution in [-0.2, 0) is 19.0 Å². The summed E-state index contributed by atoms with van der Waals surface area (Å²) in [6.07, 6.45) is 0. The first-order chi connectivity index (χ1) is 3.81. The Morgan fingerprint density at radius 3 is 1.75 bits per heavy atom. The van der Waals surface area contributed by atoms with Crippen molar-refractivity contribution in [2.45, 2.75) is 0 Å². The van der Waals surface area contributed by atoms with Gasteiger partial charge in [0.05, 0.1) is 0 Å². The van der Waals surface area contributed by atoms with Crippen LogP contribution in [0.15, 0.2) is 0 Å². The van der Waals surface area contributed by atoms with Gasteiger partial charge in [0.1, 0.15) is 0 Å². The SMILES string of the molecule is [O]=[Al][O][Si](=O)[O][Al]=[O]. The molecule has 0 fully saturated rings. The maximum atomic E-state index is 10.0. The Kier molecular flexibility index (Phi) is 5.61. The van der Waals surface area contributed by atoms with E-state index < -0.39 is 40.1 Å². The van der Waals surface area contributed by atoms with Crippen molar-refractivity contribution in [3.05, 3.63) is 0 Å².